The summed E-state index contributed by atoms with van der Waals surface area (Å²) in [6.07, 6.45) is 3.95. The summed E-state index contributed by atoms with van der Waals surface area (Å²) in [6, 6.07) is 0. The number of aliphatic hydroxyl groups excluding tert-OH is 2. The fourth-order valence-corrected chi connectivity index (χ4v) is 2.89. The first-order valence-corrected chi connectivity index (χ1v) is 8.97. The highest BCUT2D eigenvalue weighted by Gasteiger charge is 2.26. The number of thiocarbonyl (C=S) groups is 1. The minimum absolute atomic E-state index is 0.0668. The first-order chi connectivity index (χ1) is 11.9. The predicted molar refractivity (Wildman–Crippen MR) is 98.0 cm³/mol. The highest BCUT2D eigenvalue weighted by atomic mass is 32.1. The maximum absolute atomic E-state index is 11.4. The van der Waals surface area contributed by atoms with E-state index in [-0.39, 0.29) is 37.0 Å². The van der Waals surface area contributed by atoms with E-state index in [9.17, 15) is 19.8 Å². The smallest absolute Gasteiger partial charge is 0.253 e. The molecule has 0 aromatic heterocycles. The monoisotopic (exact) mass is 372 g/mol. The molecule has 0 bridgehead atoms. The number of carbonyl (C=O) groups excluding carboxylic acids is 2. The van der Waals surface area contributed by atoms with Crippen molar-refractivity contribution in [3.05, 3.63) is 12.2 Å². The lowest BCUT2D eigenvalue weighted by Crippen LogP contribution is -2.37. The predicted octanol–water partition coefficient (Wildman–Crippen LogP) is 0.393. The number of hydrogen-bond acceptors (Lipinski definition) is 6. The van der Waals surface area contributed by atoms with Crippen molar-refractivity contribution < 1.29 is 24.5 Å². The molecule has 0 saturated heterocycles. The molecule has 1 aliphatic heterocycles. The molecule has 2 amide bonds. The van der Waals surface area contributed by atoms with Crippen LogP contribution in [0.2, 0.25) is 0 Å². The first kappa shape index (κ1) is 21.7. The van der Waals surface area contributed by atoms with E-state index in [1.165, 1.54) is 12.2 Å². The molecule has 0 spiro atoms. The molecular formula is C17H28N2O5S. The van der Waals surface area contributed by atoms with Gasteiger partial charge in [0, 0.05) is 51.3 Å². The molecule has 1 aliphatic rings. The Morgan fingerprint density at radius 3 is 2.52 bits per heavy atom. The fraction of sp³-hybridized carbons (Fsp3) is 0.706. The first-order valence-electron chi connectivity index (χ1n) is 8.56. The van der Waals surface area contributed by atoms with Gasteiger partial charge in [0.25, 0.3) is 11.8 Å². The Hall–Kier alpha value is -1.35. The third-order valence-corrected chi connectivity index (χ3v) is 4.72. The van der Waals surface area contributed by atoms with Gasteiger partial charge in [-0.25, -0.2) is 0 Å². The number of imide groups is 1. The van der Waals surface area contributed by atoms with E-state index in [4.69, 9.17) is 17.0 Å². The van der Waals surface area contributed by atoms with E-state index < -0.39 is 6.10 Å². The average Bonchev–Trinajstić information content (AvgIpc) is 2.92. The molecule has 142 valence electrons. The molecule has 0 aliphatic carbocycles. The number of rotatable bonds is 12. The second-order valence-corrected chi connectivity index (χ2v) is 6.51. The van der Waals surface area contributed by atoms with Crippen LogP contribution in [0.1, 0.15) is 32.6 Å². The van der Waals surface area contributed by atoms with Gasteiger partial charge in [-0.1, -0.05) is 19.1 Å². The Labute approximate surface area is 154 Å². The van der Waals surface area contributed by atoms with Gasteiger partial charge in [0.1, 0.15) is 0 Å². The molecule has 0 fully saturated rings. The van der Waals surface area contributed by atoms with Gasteiger partial charge in [-0.2, -0.15) is 0 Å². The van der Waals surface area contributed by atoms with Gasteiger partial charge in [-0.05, 0) is 19.3 Å². The zero-order chi connectivity index (χ0) is 18.8. The van der Waals surface area contributed by atoms with Crippen molar-refractivity contribution in [1.82, 2.24) is 10.2 Å². The standard InChI is InChI=1S/C17H28N2O5S/c1-3-12(11-20)17(23)13(24-2)5-4-9-18-14(25)8-10-19-15(21)6-7-16(19)22/h6-7,12-13,17,20,23H,3-5,8-11H2,1-2H3,(H,18,25). The van der Waals surface area contributed by atoms with Crippen molar-refractivity contribution in [3.8, 4) is 0 Å². The molecule has 3 unspecified atom stereocenters. The van der Waals surface area contributed by atoms with Gasteiger partial charge in [-0.3, -0.25) is 14.5 Å². The number of carbonyl (C=O) groups is 2. The average molecular weight is 372 g/mol. The summed E-state index contributed by atoms with van der Waals surface area (Å²) < 4.78 is 5.33. The number of ether oxygens (including phenoxy) is 1. The molecule has 1 rings (SSSR count). The van der Waals surface area contributed by atoms with Crippen LogP contribution >= 0.6 is 12.2 Å². The van der Waals surface area contributed by atoms with E-state index in [0.29, 0.717) is 30.8 Å². The number of amides is 2. The Bertz CT molecular complexity index is 475. The number of nitrogens with zero attached hydrogens (tertiary/aromatic N) is 1. The molecule has 0 aromatic rings. The molecule has 0 radical (unpaired) electrons. The number of methoxy groups -OCH3 is 1. The second kappa shape index (κ2) is 11.3. The normalized spacial score (nSPS) is 17.7. The maximum Gasteiger partial charge on any atom is 0.253 e. The quantitative estimate of drug-likeness (QED) is 0.259. The summed E-state index contributed by atoms with van der Waals surface area (Å²) >= 11 is 5.21. The molecule has 7 nitrogen and oxygen atoms in total. The topological polar surface area (TPSA) is 99.1 Å². The zero-order valence-electron chi connectivity index (χ0n) is 14.8. The zero-order valence-corrected chi connectivity index (χ0v) is 15.6. The van der Waals surface area contributed by atoms with Crippen LogP contribution in [0, 0.1) is 5.92 Å². The van der Waals surface area contributed by atoms with Gasteiger partial charge in [0.15, 0.2) is 0 Å². The molecule has 0 saturated carbocycles. The Balaban J connectivity index is 2.24. The summed E-state index contributed by atoms with van der Waals surface area (Å²) in [4.78, 5) is 24.6. The van der Waals surface area contributed by atoms with Gasteiger partial charge in [-0.15, -0.1) is 0 Å². The van der Waals surface area contributed by atoms with Crippen molar-refractivity contribution in [2.75, 3.05) is 26.8 Å². The van der Waals surface area contributed by atoms with Crippen LogP contribution in [-0.2, 0) is 14.3 Å². The minimum atomic E-state index is -0.702. The van der Waals surface area contributed by atoms with E-state index in [1.807, 2.05) is 6.92 Å². The minimum Gasteiger partial charge on any atom is -0.396 e. The van der Waals surface area contributed by atoms with Crippen molar-refractivity contribution in [3.63, 3.8) is 0 Å². The molecule has 8 heteroatoms. The lowest BCUT2D eigenvalue weighted by atomic mass is 9.93. The second-order valence-electron chi connectivity index (χ2n) is 6.02. The third kappa shape index (κ3) is 6.81. The highest BCUT2D eigenvalue weighted by molar-refractivity contribution is 7.80. The van der Waals surface area contributed by atoms with Crippen molar-refractivity contribution in [1.29, 1.82) is 0 Å². The van der Waals surface area contributed by atoms with Gasteiger partial charge < -0.3 is 20.3 Å². The van der Waals surface area contributed by atoms with Gasteiger partial charge >= 0.3 is 0 Å². The molecule has 25 heavy (non-hydrogen) atoms. The molecule has 0 aromatic carbocycles. The fourth-order valence-electron chi connectivity index (χ4n) is 2.69. The van der Waals surface area contributed by atoms with Crippen molar-refractivity contribution in [2.45, 2.75) is 44.8 Å². The highest BCUT2D eigenvalue weighted by Crippen LogP contribution is 2.17. The van der Waals surface area contributed by atoms with Crippen LogP contribution in [0.4, 0.5) is 0 Å². The lowest BCUT2D eigenvalue weighted by Gasteiger charge is -2.27. The summed E-state index contributed by atoms with van der Waals surface area (Å²) in [5.41, 5.74) is 0. The number of hydrogen-bond donors (Lipinski definition) is 3. The summed E-state index contributed by atoms with van der Waals surface area (Å²) in [5.74, 6) is -0.804. The maximum atomic E-state index is 11.4. The summed E-state index contributed by atoms with van der Waals surface area (Å²) in [5, 5.41) is 22.6. The van der Waals surface area contributed by atoms with E-state index in [0.717, 1.165) is 11.3 Å². The summed E-state index contributed by atoms with van der Waals surface area (Å²) in [6.45, 7) is 2.73. The molecule has 1 heterocycles. The van der Waals surface area contributed by atoms with Crippen LogP contribution in [0.3, 0.4) is 0 Å². The lowest BCUT2D eigenvalue weighted by molar-refractivity contribution is -0.136. The Kier molecular flexibility index (Phi) is 9.81. The van der Waals surface area contributed by atoms with Crippen LogP contribution in [0.5, 0.6) is 0 Å². The van der Waals surface area contributed by atoms with Crippen molar-refractivity contribution >= 4 is 29.0 Å². The summed E-state index contributed by atoms with van der Waals surface area (Å²) in [7, 11) is 1.55. The van der Waals surface area contributed by atoms with Gasteiger partial charge in [0.2, 0.25) is 0 Å². The van der Waals surface area contributed by atoms with E-state index in [1.54, 1.807) is 7.11 Å². The SMILES string of the molecule is CCC(CO)C(O)C(CCCNC(=S)CCN1C(=O)C=CC1=O)OC. The number of aliphatic hydroxyl groups is 2. The Morgan fingerprint density at radius 1 is 1.36 bits per heavy atom. The Morgan fingerprint density at radius 2 is 2.00 bits per heavy atom. The van der Waals surface area contributed by atoms with E-state index in [2.05, 4.69) is 5.32 Å². The third-order valence-electron chi connectivity index (χ3n) is 4.38. The molecular weight excluding hydrogens is 344 g/mol. The van der Waals surface area contributed by atoms with Crippen LogP contribution in [0.15, 0.2) is 12.2 Å². The number of nitrogens with one attached hydrogen (secondary N) is 1. The van der Waals surface area contributed by atoms with Gasteiger partial charge in [0.05, 0.1) is 17.2 Å². The van der Waals surface area contributed by atoms with Crippen molar-refractivity contribution in [2.24, 2.45) is 5.92 Å². The van der Waals surface area contributed by atoms with Crippen LogP contribution in [0.25, 0.3) is 0 Å². The van der Waals surface area contributed by atoms with Crippen LogP contribution < -0.4 is 5.32 Å². The van der Waals surface area contributed by atoms with Crippen LogP contribution in [-0.4, -0.2) is 70.9 Å². The largest absolute Gasteiger partial charge is 0.396 e. The van der Waals surface area contributed by atoms with E-state index >= 15 is 0 Å². The molecule has 3 N–H and O–H groups in total. The molecule has 3 atom stereocenters.